The first-order valence-electron chi connectivity index (χ1n) is 6.85. The third kappa shape index (κ3) is 6.06. The zero-order chi connectivity index (χ0) is 15.2. The van der Waals surface area contributed by atoms with Gasteiger partial charge in [0.1, 0.15) is 11.4 Å². The highest BCUT2D eigenvalue weighted by molar-refractivity contribution is 5.74. The lowest BCUT2D eigenvalue weighted by Gasteiger charge is -2.21. The van der Waals surface area contributed by atoms with Crippen molar-refractivity contribution in [1.29, 1.82) is 0 Å². The number of methoxy groups -OCH3 is 1. The van der Waals surface area contributed by atoms with E-state index in [2.05, 4.69) is 4.74 Å². The van der Waals surface area contributed by atoms with Crippen molar-refractivity contribution in [3.63, 3.8) is 0 Å². The lowest BCUT2D eigenvalue weighted by molar-refractivity contribution is -0.150. The number of rotatable bonds is 6. The first-order valence-corrected chi connectivity index (χ1v) is 6.85. The molecule has 4 heteroatoms. The van der Waals surface area contributed by atoms with E-state index in [-0.39, 0.29) is 5.60 Å². The molecular formula is C16H24O4. The fraction of sp³-hybridized carbons (Fsp3) is 0.562. The largest absolute Gasteiger partial charge is 0.488 e. The van der Waals surface area contributed by atoms with Crippen LogP contribution in [0.2, 0.25) is 0 Å². The Bertz CT molecular complexity index is 417. The highest BCUT2D eigenvalue weighted by Crippen LogP contribution is 2.19. The van der Waals surface area contributed by atoms with Gasteiger partial charge in [0.05, 0.1) is 7.11 Å². The third-order valence-corrected chi connectivity index (χ3v) is 2.76. The molecule has 0 saturated heterocycles. The molecule has 1 rings (SSSR count). The van der Waals surface area contributed by atoms with Crippen LogP contribution in [0.15, 0.2) is 24.3 Å². The number of benzene rings is 1. The first kappa shape index (κ1) is 16.5. The number of esters is 1. The van der Waals surface area contributed by atoms with Crippen LogP contribution in [0.4, 0.5) is 0 Å². The molecule has 0 aliphatic rings. The molecule has 0 amide bonds. The normalized spacial score (nSPS) is 12.8. The van der Waals surface area contributed by atoms with Crippen LogP contribution >= 0.6 is 0 Å². The zero-order valence-electron chi connectivity index (χ0n) is 12.7. The number of ether oxygens (including phenoxy) is 2. The molecule has 0 saturated carbocycles. The first-order chi connectivity index (χ1) is 9.31. The molecule has 1 N–H and O–H groups in total. The fourth-order valence-electron chi connectivity index (χ4n) is 1.83. The van der Waals surface area contributed by atoms with Gasteiger partial charge in [-0.15, -0.1) is 0 Å². The van der Waals surface area contributed by atoms with Crippen LogP contribution in [0, 0.1) is 0 Å². The van der Waals surface area contributed by atoms with E-state index < -0.39 is 12.1 Å². The summed E-state index contributed by atoms with van der Waals surface area (Å²) in [7, 11) is 1.28. The van der Waals surface area contributed by atoms with Gasteiger partial charge in [-0.2, -0.15) is 0 Å². The summed E-state index contributed by atoms with van der Waals surface area (Å²) in [5.41, 5.74) is 0.954. The second-order valence-corrected chi connectivity index (χ2v) is 5.79. The van der Waals surface area contributed by atoms with Gasteiger partial charge in [0, 0.05) is 0 Å². The number of aliphatic hydroxyl groups is 1. The Labute approximate surface area is 120 Å². The van der Waals surface area contributed by atoms with Crippen molar-refractivity contribution in [2.24, 2.45) is 0 Å². The smallest absolute Gasteiger partial charge is 0.334 e. The average Bonchev–Trinajstić information content (AvgIpc) is 2.38. The Hall–Kier alpha value is -1.55. The van der Waals surface area contributed by atoms with Crippen molar-refractivity contribution < 1.29 is 19.4 Å². The molecule has 0 spiro atoms. The van der Waals surface area contributed by atoms with E-state index in [1.54, 1.807) is 0 Å². The second kappa shape index (κ2) is 7.29. The molecular weight excluding hydrogens is 256 g/mol. The Balaban J connectivity index is 2.40. The number of aryl methyl sites for hydroxylation is 1. The van der Waals surface area contributed by atoms with E-state index in [0.717, 1.165) is 24.2 Å². The molecule has 1 unspecified atom stereocenters. The van der Waals surface area contributed by atoms with Gasteiger partial charge in [0.25, 0.3) is 0 Å². The van der Waals surface area contributed by atoms with E-state index in [9.17, 15) is 9.90 Å². The molecule has 0 bridgehead atoms. The van der Waals surface area contributed by atoms with Crippen molar-refractivity contribution in [1.82, 2.24) is 0 Å². The molecule has 0 heterocycles. The summed E-state index contributed by atoms with van der Waals surface area (Å²) >= 11 is 0. The van der Waals surface area contributed by atoms with E-state index in [4.69, 9.17) is 4.74 Å². The summed E-state index contributed by atoms with van der Waals surface area (Å²) in [5.74, 6) is 0.273. The van der Waals surface area contributed by atoms with Crippen LogP contribution in [0.25, 0.3) is 0 Å². The minimum Gasteiger partial charge on any atom is -0.488 e. The summed E-state index contributed by atoms with van der Waals surface area (Å²) in [6.45, 7) is 6.03. The monoisotopic (exact) mass is 280 g/mol. The van der Waals surface area contributed by atoms with Gasteiger partial charge >= 0.3 is 5.97 Å². The fourth-order valence-corrected chi connectivity index (χ4v) is 1.83. The molecule has 0 fully saturated rings. The molecule has 0 aliphatic heterocycles. The molecule has 112 valence electrons. The Morgan fingerprint density at radius 1 is 1.25 bits per heavy atom. The summed E-state index contributed by atoms with van der Waals surface area (Å²) in [5, 5.41) is 9.47. The molecule has 1 aromatic carbocycles. The van der Waals surface area contributed by atoms with E-state index in [1.807, 2.05) is 45.0 Å². The lowest BCUT2D eigenvalue weighted by atomic mass is 10.1. The highest BCUT2D eigenvalue weighted by atomic mass is 16.5. The maximum atomic E-state index is 11.0. The van der Waals surface area contributed by atoms with Crippen LogP contribution < -0.4 is 4.74 Å². The van der Waals surface area contributed by atoms with E-state index in [1.165, 1.54) is 7.11 Å². The predicted molar refractivity (Wildman–Crippen MR) is 77.8 cm³/mol. The van der Waals surface area contributed by atoms with Gasteiger partial charge in [-0.1, -0.05) is 12.1 Å². The SMILES string of the molecule is COC(=O)C(O)CCCc1ccc(OC(C)(C)C)cc1. The summed E-state index contributed by atoms with van der Waals surface area (Å²) < 4.78 is 10.2. The molecule has 20 heavy (non-hydrogen) atoms. The van der Waals surface area contributed by atoms with Gasteiger partial charge in [-0.05, 0) is 57.7 Å². The van der Waals surface area contributed by atoms with Crippen molar-refractivity contribution in [3.05, 3.63) is 29.8 Å². The predicted octanol–water partition coefficient (Wildman–Crippen LogP) is 2.72. The quantitative estimate of drug-likeness (QED) is 0.814. The molecule has 0 radical (unpaired) electrons. The van der Waals surface area contributed by atoms with E-state index in [0.29, 0.717) is 6.42 Å². The van der Waals surface area contributed by atoms with Gasteiger partial charge in [0.15, 0.2) is 6.10 Å². The highest BCUT2D eigenvalue weighted by Gasteiger charge is 2.14. The topological polar surface area (TPSA) is 55.8 Å². The van der Waals surface area contributed by atoms with E-state index >= 15 is 0 Å². The van der Waals surface area contributed by atoms with Crippen molar-refractivity contribution in [3.8, 4) is 5.75 Å². The minimum absolute atomic E-state index is 0.202. The molecule has 1 atom stereocenters. The van der Waals surface area contributed by atoms with Crippen LogP contribution in [-0.4, -0.2) is 29.9 Å². The maximum absolute atomic E-state index is 11.0. The number of aliphatic hydroxyl groups excluding tert-OH is 1. The van der Waals surface area contributed by atoms with Gasteiger partial charge in [0.2, 0.25) is 0 Å². The van der Waals surface area contributed by atoms with Crippen molar-refractivity contribution >= 4 is 5.97 Å². The zero-order valence-corrected chi connectivity index (χ0v) is 12.7. The average molecular weight is 280 g/mol. The third-order valence-electron chi connectivity index (χ3n) is 2.76. The standard InChI is InChI=1S/C16H24O4/c1-16(2,3)20-13-10-8-12(9-11-13)6-5-7-14(17)15(18)19-4/h8-11,14,17H,5-7H2,1-4H3. The van der Waals surface area contributed by atoms with Crippen LogP contribution in [0.3, 0.4) is 0 Å². The Kier molecular flexibility index (Phi) is 6.02. The Morgan fingerprint density at radius 2 is 1.85 bits per heavy atom. The van der Waals surface area contributed by atoms with Crippen molar-refractivity contribution in [2.75, 3.05) is 7.11 Å². The molecule has 1 aromatic rings. The minimum atomic E-state index is -1.02. The number of hydrogen-bond acceptors (Lipinski definition) is 4. The number of carbonyl (C=O) groups is 1. The van der Waals surface area contributed by atoms with Crippen LogP contribution in [0.5, 0.6) is 5.75 Å². The van der Waals surface area contributed by atoms with Gasteiger partial charge < -0.3 is 14.6 Å². The number of carbonyl (C=O) groups excluding carboxylic acids is 1. The lowest BCUT2D eigenvalue weighted by Crippen LogP contribution is -2.22. The maximum Gasteiger partial charge on any atom is 0.334 e. The van der Waals surface area contributed by atoms with Crippen molar-refractivity contribution in [2.45, 2.75) is 51.7 Å². The van der Waals surface area contributed by atoms with Gasteiger partial charge in [-0.25, -0.2) is 4.79 Å². The molecule has 4 nitrogen and oxygen atoms in total. The molecule has 0 aliphatic carbocycles. The van der Waals surface area contributed by atoms with Crippen LogP contribution in [0.1, 0.15) is 39.2 Å². The summed E-state index contributed by atoms with van der Waals surface area (Å²) in [4.78, 5) is 11.0. The Morgan fingerprint density at radius 3 is 2.35 bits per heavy atom. The second-order valence-electron chi connectivity index (χ2n) is 5.79. The van der Waals surface area contributed by atoms with Gasteiger partial charge in [-0.3, -0.25) is 0 Å². The summed E-state index contributed by atoms with van der Waals surface area (Å²) in [6, 6.07) is 7.89. The summed E-state index contributed by atoms with van der Waals surface area (Å²) in [6.07, 6.45) is 0.926. The number of hydrogen-bond donors (Lipinski definition) is 1. The van der Waals surface area contributed by atoms with Crippen LogP contribution in [-0.2, 0) is 16.0 Å². The molecule has 0 aromatic heterocycles.